The average Bonchev–Trinajstić information content (AvgIpc) is 2.30. The number of hydrogen-bond donors (Lipinski definition) is 8. The monoisotopic (exact) mass is 846 g/mol. The Morgan fingerprint density at radius 3 is 0.294 bits per heavy atom. The molecule has 0 atom stereocenters. The van der Waals surface area contributed by atoms with E-state index in [4.69, 9.17) is 0 Å². The molecule has 0 fully saturated rings. The molecule has 34 heavy (non-hydrogen) atoms. The van der Waals surface area contributed by atoms with E-state index in [1.807, 2.05) is 0 Å². The van der Waals surface area contributed by atoms with Gasteiger partial charge in [-0.05, 0) is 0 Å². The summed E-state index contributed by atoms with van der Waals surface area (Å²) >= 11 is 66.1. The van der Waals surface area contributed by atoms with E-state index in [-0.39, 0.29) is 63.1 Å². The van der Waals surface area contributed by atoms with Crippen LogP contribution < -0.4 is 45.9 Å². The van der Waals surface area contributed by atoms with E-state index in [1.165, 1.54) is 0 Å². The van der Waals surface area contributed by atoms with Crippen LogP contribution in [0.2, 0.25) is 0 Å². The third kappa shape index (κ3) is 14500. The molecule has 0 aromatic rings. The van der Waals surface area contributed by atoms with Crippen LogP contribution in [0.15, 0.2) is 0 Å². The number of hydrogen-bond acceptors (Lipinski definition) is 16. The Morgan fingerprint density at radius 2 is 0.294 bits per heavy atom. The van der Waals surface area contributed by atoms with Crippen LogP contribution in [0.3, 0.4) is 0 Å². The van der Waals surface area contributed by atoms with Gasteiger partial charge in [0.25, 0.3) is 0 Å². The summed E-state index contributed by atoms with van der Waals surface area (Å²) in [5, 5.41) is 0. The van der Waals surface area contributed by atoms with Gasteiger partial charge in [0.1, 0.15) is 0 Å². The smallest absolute Gasteiger partial charge is 0.415 e. The van der Waals surface area contributed by atoms with Crippen molar-refractivity contribution in [1.82, 2.24) is 0 Å². The van der Waals surface area contributed by atoms with Crippen molar-refractivity contribution in [3.63, 3.8) is 0 Å². The molecule has 0 aromatic heterocycles. The Morgan fingerprint density at radius 1 is 0.294 bits per heavy atom. The molecule has 0 spiro atoms. The van der Waals surface area contributed by atoms with E-state index in [1.54, 1.807) is 0 Å². The maximum Gasteiger partial charge on any atom is 4.00 e. The van der Waals surface area contributed by atoms with Crippen molar-refractivity contribution in [2.24, 2.45) is 45.9 Å². The standard InChI is InChI=1S/8CH3NS2.C.Mo/c8*2-1(3)4;;/h8*(H3,2,3,4);;/q;;;;;;;;2*+4/p-8. The maximum absolute atomic E-state index is 4.66. The van der Waals surface area contributed by atoms with Gasteiger partial charge in [-0.15, -0.1) is 0 Å². The van der Waals surface area contributed by atoms with E-state index >= 15 is 0 Å². The zero-order valence-electron chi connectivity index (χ0n) is 16.1. The summed E-state index contributed by atoms with van der Waals surface area (Å²) in [5.74, 6) is 0. The second-order valence-corrected chi connectivity index (χ2v) is 11.7. The van der Waals surface area contributed by atoms with Crippen molar-refractivity contribution in [2.45, 2.75) is 0 Å². The third-order valence-electron chi connectivity index (χ3n) is 0. The Hall–Kier alpha value is 1.57. The molecule has 0 rings (SSSR count). The van der Waals surface area contributed by atoms with Gasteiger partial charge in [-0.1, -0.05) is 34.6 Å². The molecule has 194 valence electrons. The number of thiocarbonyl (C=S) groups is 8. The molecular formula is C9H16MoN8S16. The molecule has 25 heteroatoms. The van der Waals surface area contributed by atoms with Crippen LogP contribution in [0.25, 0.3) is 0 Å². The predicted octanol–water partition coefficient (Wildman–Crippen LogP) is -1.71. The maximum atomic E-state index is 4.66. The summed E-state index contributed by atoms with van der Waals surface area (Å²) in [5.41, 5.74) is 37.3. The molecule has 0 amide bonds. The first-order chi connectivity index (χ1) is 13.9. The van der Waals surface area contributed by atoms with Gasteiger partial charge in [0.05, 0.1) is 0 Å². The Labute approximate surface area is 303 Å². The summed E-state index contributed by atoms with van der Waals surface area (Å²) in [6, 6.07) is 0. The summed E-state index contributed by atoms with van der Waals surface area (Å²) in [6.45, 7) is 0. The van der Waals surface area contributed by atoms with Gasteiger partial charge < -0.3 is 245 Å². The molecular weight excluding hydrogens is 829 g/mol. The molecule has 8 nitrogen and oxygen atoms in total. The molecule has 0 saturated heterocycles. The summed E-state index contributed by atoms with van der Waals surface area (Å²) in [6.07, 6.45) is 0. The zero-order chi connectivity index (χ0) is 28.6. The molecule has 0 aliphatic heterocycles. The predicted molar refractivity (Wildman–Crippen MR) is 196 cm³/mol. The second-order valence-electron chi connectivity index (χ2n) is 2.55. The number of nitrogens with two attached hydrogens (primary N) is 8. The summed E-state index contributed by atoms with van der Waals surface area (Å²) in [7, 11) is 0. The van der Waals surface area contributed by atoms with E-state index in [0.717, 1.165) is 0 Å². The summed E-state index contributed by atoms with van der Waals surface area (Å²) in [4.78, 5) is 0. The Bertz CT molecular complexity index is 385. The van der Waals surface area contributed by atoms with E-state index in [9.17, 15) is 0 Å². The van der Waals surface area contributed by atoms with E-state index in [0.29, 0.717) is 0 Å². The average molecular weight is 845 g/mol. The molecule has 16 N–H and O–H groups in total. The molecule has 0 aliphatic rings. The second kappa shape index (κ2) is 59.6. The third-order valence-corrected chi connectivity index (χ3v) is 0. The van der Waals surface area contributed by atoms with Crippen molar-refractivity contribution in [3.8, 4) is 0 Å². The molecule has 0 bridgehead atoms. The van der Waals surface area contributed by atoms with Gasteiger partial charge in [0.15, 0.2) is 0 Å². The SMILES string of the molecule is NC(=S)[S-].NC(=S)[S-].NC(=S)[S-].NC(=S)[S-].NC(=S)[S-].NC(=S)[S-].NC(=S)[S-].NC(=S)[S-].[C+4].[Mo+4]. The van der Waals surface area contributed by atoms with Crippen LogP contribution in [0.1, 0.15) is 0 Å². The molecule has 0 saturated carbocycles. The van der Waals surface area contributed by atoms with Crippen LogP contribution in [-0.2, 0) is 122 Å². The van der Waals surface area contributed by atoms with Crippen molar-refractivity contribution in [3.05, 3.63) is 7.43 Å². The van der Waals surface area contributed by atoms with E-state index < -0.39 is 0 Å². The minimum absolute atomic E-state index is 0. The molecule has 0 aromatic carbocycles. The van der Waals surface area contributed by atoms with Crippen LogP contribution >= 0.6 is 97.7 Å². The normalized spacial score (nSPS) is 5.65. The molecule has 0 heterocycles. The van der Waals surface area contributed by atoms with E-state index in [2.05, 4.69) is 245 Å². The van der Waals surface area contributed by atoms with Crippen molar-refractivity contribution in [1.29, 1.82) is 0 Å². The quantitative estimate of drug-likeness (QED) is 0.0777. The number of rotatable bonds is 0. The summed E-state index contributed by atoms with van der Waals surface area (Å²) < 4.78 is 0.667. The topological polar surface area (TPSA) is 208 Å². The Balaban J connectivity index is -0.0000000240. The zero-order valence-corrected chi connectivity index (χ0v) is 31.1. The molecule has 0 radical (unpaired) electrons. The van der Waals surface area contributed by atoms with Crippen LogP contribution in [0, 0.1) is 7.43 Å². The molecule has 0 aliphatic carbocycles. The first kappa shape index (κ1) is 65.0. The van der Waals surface area contributed by atoms with Crippen molar-refractivity contribution >= 4 is 233 Å². The minimum atomic E-state index is 0. The van der Waals surface area contributed by atoms with Gasteiger partial charge in [0.2, 0.25) is 0 Å². The largest absolute Gasteiger partial charge is 4.00 e. The van der Waals surface area contributed by atoms with Gasteiger partial charge in [0, 0.05) is 0 Å². The first-order valence-corrected chi connectivity index (χ1v) is 12.1. The Kier molecular flexibility index (Phi) is 114. The van der Waals surface area contributed by atoms with Gasteiger partial charge in [-0.25, -0.2) is 0 Å². The minimum Gasteiger partial charge on any atom is -0.415 e. The fraction of sp³-hybridized carbons (Fsp3) is 0. The van der Waals surface area contributed by atoms with Crippen molar-refractivity contribution < 1.29 is 21.1 Å². The van der Waals surface area contributed by atoms with Crippen LogP contribution in [0.4, 0.5) is 0 Å². The van der Waals surface area contributed by atoms with Crippen LogP contribution in [0.5, 0.6) is 0 Å². The fourth-order valence-electron chi connectivity index (χ4n) is 0. The van der Waals surface area contributed by atoms with Gasteiger partial charge >= 0.3 is 28.5 Å². The van der Waals surface area contributed by atoms with Gasteiger partial charge in [-0.2, -0.15) is 0 Å². The van der Waals surface area contributed by atoms with Crippen LogP contribution in [-0.4, -0.2) is 34.6 Å². The van der Waals surface area contributed by atoms with Gasteiger partial charge in [-0.3, -0.25) is 0 Å². The fourth-order valence-corrected chi connectivity index (χ4v) is 0. The first-order valence-electron chi connectivity index (χ1n) is 5.58. The van der Waals surface area contributed by atoms with Crippen molar-refractivity contribution in [2.75, 3.05) is 0 Å². The molecule has 0 unspecified atom stereocenters.